The Morgan fingerprint density at radius 3 is 2.74 bits per heavy atom. The molecule has 2 aromatic carbocycles. The number of benzene rings is 2. The van der Waals surface area contributed by atoms with Gasteiger partial charge in [-0.15, -0.1) is 0 Å². The molecular weight excluding hydrogens is 343 g/mol. The Balaban J connectivity index is 1.55. The van der Waals surface area contributed by atoms with Crippen LogP contribution in [-0.2, 0) is 6.54 Å². The number of amides is 1. The van der Waals surface area contributed by atoms with E-state index >= 15 is 0 Å². The van der Waals surface area contributed by atoms with Crippen molar-refractivity contribution in [2.45, 2.75) is 6.54 Å². The predicted molar refractivity (Wildman–Crippen MR) is 101 cm³/mol. The zero-order valence-electron chi connectivity index (χ0n) is 14.7. The predicted octanol–water partition coefficient (Wildman–Crippen LogP) is 3.83. The summed E-state index contributed by atoms with van der Waals surface area (Å²) < 4.78 is 14.6. The van der Waals surface area contributed by atoms with Gasteiger partial charge in [-0.3, -0.25) is 9.78 Å². The number of hydrogen-bond donors (Lipinski definition) is 0. The minimum Gasteiger partial charge on any atom is -0.337 e. The first kappa shape index (κ1) is 16.9. The lowest BCUT2D eigenvalue weighted by molar-refractivity contribution is 0.0785. The summed E-state index contributed by atoms with van der Waals surface area (Å²) in [5, 5.41) is 5.24. The van der Waals surface area contributed by atoms with E-state index in [1.807, 2.05) is 30.3 Å². The molecule has 0 radical (unpaired) electrons. The normalized spacial score (nSPS) is 10.9. The second-order valence-electron chi connectivity index (χ2n) is 6.30. The van der Waals surface area contributed by atoms with Crippen molar-refractivity contribution < 1.29 is 9.18 Å². The van der Waals surface area contributed by atoms with Crippen LogP contribution in [0.1, 0.15) is 15.9 Å². The average molecular weight is 360 g/mol. The number of carbonyl (C=O) groups is 1. The van der Waals surface area contributed by atoms with Crippen LogP contribution in [0, 0.1) is 5.82 Å². The highest BCUT2D eigenvalue weighted by molar-refractivity contribution is 5.94. The molecule has 4 aromatic rings. The van der Waals surface area contributed by atoms with Gasteiger partial charge in [0.2, 0.25) is 0 Å². The van der Waals surface area contributed by atoms with Gasteiger partial charge >= 0.3 is 0 Å². The number of pyridine rings is 1. The van der Waals surface area contributed by atoms with E-state index in [0.717, 1.165) is 16.5 Å². The number of nitrogens with zero attached hydrogens (tertiary/aromatic N) is 4. The molecule has 0 saturated heterocycles. The maximum Gasteiger partial charge on any atom is 0.257 e. The molecule has 0 N–H and O–H groups in total. The van der Waals surface area contributed by atoms with Gasteiger partial charge in [0.25, 0.3) is 5.91 Å². The van der Waals surface area contributed by atoms with Crippen LogP contribution in [0.5, 0.6) is 0 Å². The van der Waals surface area contributed by atoms with Gasteiger partial charge in [-0.25, -0.2) is 9.07 Å². The quantitative estimate of drug-likeness (QED) is 0.556. The van der Waals surface area contributed by atoms with Gasteiger partial charge in [0.1, 0.15) is 5.82 Å². The number of carbonyl (C=O) groups excluding carboxylic acids is 1. The molecule has 2 aromatic heterocycles. The van der Waals surface area contributed by atoms with Crippen LogP contribution >= 0.6 is 0 Å². The summed E-state index contributed by atoms with van der Waals surface area (Å²) in [6, 6.07) is 15.7. The van der Waals surface area contributed by atoms with Crippen LogP contribution in [0.3, 0.4) is 0 Å². The summed E-state index contributed by atoms with van der Waals surface area (Å²) in [5.41, 5.74) is 3.10. The SMILES string of the molecule is CN(Cc1cccc2ncccc12)C(=O)c1cnn(-c2ccc(F)cc2)c1. The largest absolute Gasteiger partial charge is 0.337 e. The number of hydrogen-bond acceptors (Lipinski definition) is 3. The van der Waals surface area contributed by atoms with Crippen LogP contribution < -0.4 is 0 Å². The topological polar surface area (TPSA) is 51.0 Å². The minimum atomic E-state index is -0.313. The molecule has 0 aliphatic carbocycles. The standard InChI is InChI=1S/C21H17FN4O/c1-25(13-15-4-2-6-20-19(15)5-3-11-23-20)21(27)16-12-24-26(14-16)18-9-7-17(22)8-10-18/h2-12,14H,13H2,1H3. The Morgan fingerprint density at radius 2 is 1.93 bits per heavy atom. The smallest absolute Gasteiger partial charge is 0.257 e. The van der Waals surface area contributed by atoms with Crippen LogP contribution in [-0.4, -0.2) is 32.6 Å². The van der Waals surface area contributed by atoms with Gasteiger partial charge in [0, 0.05) is 31.4 Å². The van der Waals surface area contributed by atoms with Gasteiger partial charge < -0.3 is 4.90 Å². The molecular formula is C21H17FN4O. The number of halogens is 1. The van der Waals surface area contributed by atoms with Crippen molar-refractivity contribution in [1.29, 1.82) is 0 Å². The van der Waals surface area contributed by atoms with Gasteiger partial charge in [-0.2, -0.15) is 5.10 Å². The fourth-order valence-corrected chi connectivity index (χ4v) is 3.02. The monoisotopic (exact) mass is 360 g/mol. The molecule has 0 spiro atoms. The Kier molecular flexibility index (Phi) is 4.38. The highest BCUT2D eigenvalue weighted by Crippen LogP contribution is 2.19. The van der Waals surface area contributed by atoms with E-state index in [-0.39, 0.29) is 11.7 Å². The molecule has 0 atom stereocenters. The van der Waals surface area contributed by atoms with E-state index in [1.165, 1.54) is 18.3 Å². The van der Waals surface area contributed by atoms with Crippen molar-refractivity contribution in [3.63, 3.8) is 0 Å². The van der Waals surface area contributed by atoms with Gasteiger partial charge in [0.05, 0.1) is 23.0 Å². The first-order valence-corrected chi connectivity index (χ1v) is 8.50. The van der Waals surface area contributed by atoms with Gasteiger partial charge in [-0.05, 0) is 42.0 Å². The maximum absolute atomic E-state index is 13.1. The molecule has 1 amide bonds. The molecule has 0 aliphatic heterocycles. The number of fused-ring (bicyclic) bond motifs is 1. The van der Waals surface area contributed by atoms with E-state index < -0.39 is 0 Å². The van der Waals surface area contributed by atoms with Crippen molar-refractivity contribution >= 4 is 16.8 Å². The molecule has 0 unspecified atom stereocenters. The number of aromatic nitrogens is 3. The lowest BCUT2D eigenvalue weighted by atomic mass is 10.1. The molecule has 2 heterocycles. The Morgan fingerprint density at radius 1 is 1.11 bits per heavy atom. The summed E-state index contributed by atoms with van der Waals surface area (Å²) >= 11 is 0. The van der Waals surface area contributed by atoms with Crippen molar-refractivity contribution in [2.75, 3.05) is 7.05 Å². The van der Waals surface area contributed by atoms with E-state index in [4.69, 9.17) is 0 Å². The van der Waals surface area contributed by atoms with Crippen LogP contribution in [0.15, 0.2) is 73.2 Å². The van der Waals surface area contributed by atoms with E-state index in [2.05, 4.69) is 10.1 Å². The fourth-order valence-electron chi connectivity index (χ4n) is 3.02. The van der Waals surface area contributed by atoms with Gasteiger partial charge in [0.15, 0.2) is 0 Å². The Bertz CT molecular complexity index is 1100. The molecule has 0 fully saturated rings. The lowest BCUT2D eigenvalue weighted by Crippen LogP contribution is -2.26. The third kappa shape index (κ3) is 3.42. The molecule has 5 nitrogen and oxygen atoms in total. The van der Waals surface area contributed by atoms with Crippen LogP contribution in [0.25, 0.3) is 16.6 Å². The second kappa shape index (κ2) is 6.99. The number of rotatable bonds is 4. The Labute approximate surface area is 155 Å². The first-order valence-electron chi connectivity index (χ1n) is 8.50. The van der Waals surface area contributed by atoms with Crippen LogP contribution in [0.2, 0.25) is 0 Å². The third-order valence-electron chi connectivity index (χ3n) is 4.41. The minimum absolute atomic E-state index is 0.135. The molecule has 4 rings (SSSR count). The Hall–Kier alpha value is -3.54. The highest BCUT2D eigenvalue weighted by Gasteiger charge is 2.16. The molecule has 27 heavy (non-hydrogen) atoms. The van der Waals surface area contributed by atoms with Crippen molar-refractivity contribution in [1.82, 2.24) is 19.7 Å². The fraction of sp³-hybridized carbons (Fsp3) is 0.0952. The van der Waals surface area contributed by atoms with E-state index in [0.29, 0.717) is 17.8 Å². The average Bonchev–Trinajstić information content (AvgIpc) is 3.18. The summed E-state index contributed by atoms with van der Waals surface area (Å²) in [6.45, 7) is 0.462. The molecule has 6 heteroatoms. The highest BCUT2D eigenvalue weighted by atomic mass is 19.1. The first-order chi connectivity index (χ1) is 13.1. The molecule has 0 bridgehead atoms. The molecule has 0 saturated carbocycles. The maximum atomic E-state index is 13.1. The molecule has 134 valence electrons. The van der Waals surface area contributed by atoms with Crippen molar-refractivity contribution in [3.8, 4) is 5.69 Å². The van der Waals surface area contributed by atoms with E-state index in [1.54, 1.807) is 41.2 Å². The zero-order valence-corrected chi connectivity index (χ0v) is 14.7. The van der Waals surface area contributed by atoms with Crippen molar-refractivity contribution in [2.24, 2.45) is 0 Å². The van der Waals surface area contributed by atoms with Gasteiger partial charge in [-0.1, -0.05) is 18.2 Å². The summed E-state index contributed by atoms with van der Waals surface area (Å²) in [6.07, 6.45) is 4.92. The summed E-state index contributed by atoms with van der Waals surface area (Å²) in [4.78, 5) is 18.8. The third-order valence-corrected chi connectivity index (χ3v) is 4.41. The lowest BCUT2D eigenvalue weighted by Gasteiger charge is -2.17. The van der Waals surface area contributed by atoms with E-state index in [9.17, 15) is 9.18 Å². The molecule has 0 aliphatic rings. The summed E-state index contributed by atoms with van der Waals surface area (Å²) in [7, 11) is 1.76. The summed E-state index contributed by atoms with van der Waals surface area (Å²) in [5.74, 6) is -0.448. The second-order valence-corrected chi connectivity index (χ2v) is 6.30. The zero-order chi connectivity index (χ0) is 18.8. The van der Waals surface area contributed by atoms with Crippen LogP contribution in [0.4, 0.5) is 4.39 Å². The van der Waals surface area contributed by atoms with Crippen molar-refractivity contribution in [3.05, 3.63) is 90.1 Å².